The van der Waals surface area contributed by atoms with E-state index in [9.17, 15) is 4.79 Å². The van der Waals surface area contributed by atoms with E-state index in [4.69, 9.17) is 5.73 Å². The van der Waals surface area contributed by atoms with Crippen LogP contribution in [-0.4, -0.2) is 29.4 Å². The van der Waals surface area contributed by atoms with Gasteiger partial charge in [0.15, 0.2) is 5.17 Å². The molecule has 0 saturated carbocycles. The van der Waals surface area contributed by atoms with Gasteiger partial charge in [0.2, 0.25) is 5.91 Å². The minimum absolute atomic E-state index is 0.304. The third kappa shape index (κ3) is 3.41. The number of hydrogen-bond acceptors (Lipinski definition) is 3. The van der Waals surface area contributed by atoms with E-state index < -0.39 is 5.41 Å². The zero-order valence-electron chi connectivity index (χ0n) is 9.54. The average molecular weight is 229 g/mol. The summed E-state index contributed by atoms with van der Waals surface area (Å²) < 4.78 is 0. The molecule has 1 saturated heterocycles. The number of rotatable bonds is 4. The van der Waals surface area contributed by atoms with Gasteiger partial charge in [-0.2, -0.15) is 0 Å². The molecule has 1 aliphatic rings. The predicted octanol–water partition coefficient (Wildman–Crippen LogP) is 0.969. The standard InChI is InChI=1S/C10H19N3OS/c1-4-7-5-15-9(13-7)12-6-10(2,3)8(11)14/h7H,4-6H2,1-3H3,(H2,11,14)(H,12,13). The van der Waals surface area contributed by atoms with E-state index in [-0.39, 0.29) is 5.91 Å². The third-order valence-corrected chi connectivity index (χ3v) is 3.62. The number of hydrogen-bond donors (Lipinski definition) is 2. The van der Waals surface area contributed by atoms with Crippen LogP contribution in [0.1, 0.15) is 27.2 Å². The Balaban J connectivity index is 2.49. The summed E-state index contributed by atoms with van der Waals surface area (Å²) in [7, 11) is 0. The molecule has 1 fully saturated rings. The Morgan fingerprint density at radius 1 is 1.73 bits per heavy atom. The van der Waals surface area contributed by atoms with Crippen molar-refractivity contribution in [3.05, 3.63) is 0 Å². The normalized spacial score (nSPS) is 24.2. The second-order valence-electron chi connectivity index (χ2n) is 4.43. The van der Waals surface area contributed by atoms with Crippen molar-refractivity contribution in [2.45, 2.75) is 33.2 Å². The van der Waals surface area contributed by atoms with E-state index >= 15 is 0 Å². The lowest BCUT2D eigenvalue weighted by atomic mass is 9.93. The van der Waals surface area contributed by atoms with Gasteiger partial charge in [-0.15, -0.1) is 0 Å². The van der Waals surface area contributed by atoms with Crippen LogP contribution in [0.15, 0.2) is 4.99 Å². The summed E-state index contributed by atoms with van der Waals surface area (Å²) in [6.07, 6.45) is 1.10. The van der Waals surface area contributed by atoms with Gasteiger partial charge in [-0.1, -0.05) is 18.7 Å². The smallest absolute Gasteiger partial charge is 0.224 e. The van der Waals surface area contributed by atoms with Crippen LogP contribution in [0.4, 0.5) is 0 Å². The van der Waals surface area contributed by atoms with E-state index in [2.05, 4.69) is 17.2 Å². The highest BCUT2D eigenvalue weighted by Gasteiger charge is 2.25. The molecule has 3 N–H and O–H groups in total. The van der Waals surface area contributed by atoms with Gasteiger partial charge in [-0.3, -0.25) is 9.79 Å². The first kappa shape index (κ1) is 12.4. The molecule has 1 aliphatic heterocycles. The lowest BCUT2D eigenvalue weighted by molar-refractivity contribution is -0.125. The molecule has 1 rings (SSSR count). The van der Waals surface area contributed by atoms with Crippen LogP contribution in [0.25, 0.3) is 0 Å². The number of nitrogens with two attached hydrogens (primary N) is 1. The lowest BCUT2D eigenvalue weighted by Crippen LogP contribution is -2.35. The number of carbonyl (C=O) groups excluding carboxylic acids is 1. The molecular formula is C10H19N3OS. The van der Waals surface area contributed by atoms with Crippen molar-refractivity contribution in [1.29, 1.82) is 0 Å². The number of amides is 1. The quantitative estimate of drug-likeness (QED) is 0.755. The number of aliphatic imine (C=N–C) groups is 1. The fraction of sp³-hybridized carbons (Fsp3) is 0.800. The number of amidine groups is 1. The molecule has 0 radical (unpaired) electrons. The number of primary amides is 1. The maximum Gasteiger partial charge on any atom is 0.224 e. The molecule has 86 valence electrons. The van der Waals surface area contributed by atoms with Gasteiger partial charge in [0.05, 0.1) is 12.0 Å². The molecule has 1 heterocycles. The summed E-state index contributed by atoms with van der Waals surface area (Å²) in [5, 5.41) is 4.25. The number of nitrogens with zero attached hydrogens (tertiary/aromatic N) is 1. The van der Waals surface area contributed by atoms with E-state index in [1.807, 2.05) is 13.8 Å². The van der Waals surface area contributed by atoms with Crippen LogP contribution in [0.5, 0.6) is 0 Å². The monoisotopic (exact) mass is 229 g/mol. The van der Waals surface area contributed by atoms with Gasteiger partial charge in [-0.05, 0) is 20.3 Å². The summed E-state index contributed by atoms with van der Waals surface area (Å²) in [6.45, 7) is 6.23. The summed E-state index contributed by atoms with van der Waals surface area (Å²) in [6, 6.07) is 0.519. The van der Waals surface area contributed by atoms with Gasteiger partial charge in [-0.25, -0.2) is 0 Å². The molecule has 0 spiro atoms. The van der Waals surface area contributed by atoms with Crippen molar-refractivity contribution in [3.63, 3.8) is 0 Å². The molecular weight excluding hydrogens is 210 g/mol. The maximum atomic E-state index is 11.1. The number of carbonyl (C=O) groups is 1. The van der Waals surface area contributed by atoms with E-state index in [0.29, 0.717) is 12.6 Å². The Morgan fingerprint density at radius 2 is 2.40 bits per heavy atom. The zero-order valence-corrected chi connectivity index (χ0v) is 10.4. The highest BCUT2D eigenvalue weighted by atomic mass is 32.2. The SMILES string of the molecule is CCC1CSC(=NCC(C)(C)C(N)=O)N1. The van der Waals surface area contributed by atoms with Crippen molar-refractivity contribution in [3.8, 4) is 0 Å². The van der Waals surface area contributed by atoms with Gasteiger partial charge in [0, 0.05) is 11.8 Å². The number of thioether (sulfide) groups is 1. The third-order valence-electron chi connectivity index (χ3n) is 2.53. The summed E-state index contributed by atoms with van der Waals surface area (Å²) >= 11 is 1.71. The molecule has 0 aromatic carbocycles. The van der Waals surface area contributed by atoms with E-state index in [0.717, 1.165) is 17.3 Å². The highest BCUT2D eigenvalue weighted by Crippen LogP contribution is 2.19. The van der Waals surface area contributed by atoms with Crippen LogP contribution < -0.4 is 11.1 Å². The van der Waals surface area contributed by atoms with E-state index in [1.165, 1.54) is 0 Å². The van der Waals surface area contributed by atoms with Crippen LogP contribution in [0, 0.1) is 5.41 Å². The fourth-order valence-electron chi connectivity index (χ4n) is 1.10. The molecule has 4 nitrogen and oxygen atoms in total. The van der Waals surface area contributed by atoms with Crippen molar-refractivity contribution < 1.29 is 4.79 Å². The lowest BCUT2D eigenvalue weighted by Gasteiger charge is -2.17. The Bertz CT molecular complexity index is 276. The molecule has 0 aliphatic carbocycles. The molecule has 1 amide bonds. The topological polar surface area (TPSA) is 67.5 Å². The predicted molar refractivity (Wildman–Crippen MR) is 65.0 cm³/mol. The van der Waals surface area contributed by atoms with Gasteiger partial charge in [0.1, 0.15) is 0 Å². The van der Waals surface area contributed by atoms with Crippen LogP contribution in [0.3, 0.4) is 0 Å². The Labute approximate surface area is 95.1 Å². The molecule has 0 bridgehead atoms. The first-order chi connectivity index (χ1) is 6.95. The Kier molecular flexibility index (Phi) is 4.02. The van der Waals surface area contributed by atoms with Gasteiger partial charge >= 0.3 is 0 Å². The molecule has 0 aromatic heterocycles. The molecule has 1 unspecified atom stereocenters. The molecule has 5 heteroatoms. The van der Waals surface area contributed by atoms with Crippen molar-refractivity contribution >= 4 is 22.8 Å². The molecule has 0 aromatic rings. The van der Waals surface area contributed by atoms with Crippen molar-refractivity contribution in [1.82, 2.24) is 5.32 Å². The summed E-state index contributed by atoms with van der Waals surface area (Å²) in [5.74, 6) is 0.758. The first-order valence-electron chi connectivity index (χ1n) is 5.19. The highest BCUT2D eigenvalue weighted by molar-refractivity contribution is 8.14. The van der Waals surface area contributed by atoms with Gasteiger partial charge < -0.3 is 11.1 Å². The Hall–Kier alpha value is -0.710. The fourth-order valence-corrected chi connectivity index (χ4v) is 2.18. The minimum Gasteiger partial charge on any atom is -0.369 e. The maximum absolute atomic E-state index is 11.1. The summed E-state index contributed by atoms with van der Waals surface area (Å²) in [4.78, 5) is 15.5. The minimum atomic E-state index is -0.556. The van der Waals surface area contributed by atoms with Crippen LogP contribution >= 0.6 is 11.8 Å². The zero-order chi connectivity index (χ0) is 11.5. The second-order valence-corrected chi connectivity index (χ2v) is 5.44. The summed E-state index contributed by atoms with van der Waals surface area (Å²) in [5.41, 5.74) is 4.72. The van der Waals surface area contributed by atoms with E-state index in [1.54, 1.807) is 11.8 Å². The first-order valence-corrected chi connectivity index (χ1v) is 6.18. The Morgan fingerprint density at radius 3 is 2.87 bits per heavy atom. The molecule has 15 heavy (non-hydrogen) atoms. The van der Waals surface area contributed by atoms with Crippen LogP contribution in [0.2, 0.25) is 0 Å². The van der Waals surface area contributed by atoms with Crippen molar-refractivity contribution in [2.75, 3.05) is 12.3 Å². The number of nitrogens with one attached hydrogen (secondary N) is 1. The van der Waals surface area contributed by atoms with Crippen molar-refractivity contribution in [2.24, 2.45) is 16.1 Å². The molecule has 1 atom stereocenters. The van der Waals surface area contributed by atoms with Crippen LogP contribution in [-0.2, 0) is 4.79 Å². The van der Waals surface area contributed by atoms with Gasteiger partial charge in [0.25, 0.3) is 0 Å². The largest absolute Gasteiger partial charge is 0.369 e. The average Bonchev–Trinajstić information content (AvgIpc) is 2.62. The second kappa shape index (κ2) is 4.88.